The van der Waals surface area contributed by atoms with Gasteiger partial charge in [-0.2, -0.15) is 0 Å². The van der Waals surface area contributed by atoms with Crippen molar-refractivity contribution in [3.05, 3.63) is 12.2 Å². The van der Waals surface area contributed by atoms with Crippen LogP contribution in [0.15, 0.2) is 12.2 Å². The van der Waals surface area contributed by atoms with E-state index in [-0.39, 0.29) is 43.4 Å². The summed E-state index contributed by atoms with van der Waals surface area (Å²) in [6, 6.07) is 0. The Kier molecular flexibility index (Phi) is 20.4. The van der Waals surface area contributed by atoms with E-state index >= 15 is 0 Å². The first-order valence-electron chi connectivity index (χ1n) is 13.5. The summed E-state index contributed by atoms with van der Waals surface area (Å²) in [6.07, 6.45) is 21.4. The summed E-state index contributed by atoms with van der Waals surface area (Å²) in [5.41, 5.74) is 0. The van der Waals surface area contributed by atoms with Gasteiger partial charge < -0.3 is 19.8 Å². The average Bonchev–Trinajstić information content (AvgIpc) is 2.79. The van der Waals surface area contributed by atoms with Crippen molar-refractivity contribution < 1.29 is 34.2 Å². The van der Waals surface area contributed by atoms with Gasteiger partial charge in [0, 0.05) is 0 Å². The van der Waals surface area contributed by atoms with E-state index in [1.165, 1.54) is 64.2 Å². The van der Waals surface area contributed by atoms with Crippen LogP contribution in [0.1, 0.15) is 116 Å². The maximum atomic E-state index is 11.1. The molecule has 7 nitrogen and oxygen atoms in total. The normalized spacial score (nSPS) is 11.8. The van der Waals surface area contributed by atoms with Crippen LogP contribution < -0.4 is 0 Å². The predicted octanol–water partition coefficient (Wildman–Crippen LogP) is 6.26. The molecule has 0 unspecified atom stereocenters. The van der Waals surface area contributed by atoms with Crippen molar-refractivity contribution in [2.24, 2.45) is 0 Å². The van der Waals surface area contributed by atoms with Crippen molar-refractivity contribution in [3.8, 4) is 0 Å². The third-order valence-electron chi connectivity index (χ3n) is 6.54. The van der Waals surface area contributed by atoms with Crippen molar-refractivity contribution >= 4 is 17.9 Å². The molecule has 0 bridgehead atoms. The monoisotopic (exact) mass is 484 g/mol. The Labute approximate surface area is 206 Å². The Bertz CT molecular complexity index is 530. The number of rotatable bonds is 25. The first-order valence-corrected chi connectivity index (χ1v) is 13.5. The molecule has 0 aliphatic rings. The minimum Gasteiger partial charge on any atom is -0.481 e. The summed E-state index contributed by atoms with van der Waals surface area (Å²) >= 11 is 0. The van der Waals surface area contributed by atoms with Crippen molar-refractivity contribution in [2.75, 3.05) is 26.2 Å². The van der Waals surface area contributed by atoms with E-state index < -0.39 is 17.9 Å². The molecule has 0 spiro atoms. The summed E-state index contributed by atoms with van der Waals surface area (Å²) < 4.78 is 0.243. The number of carboxylic acid groups (broad SMARTS) is 3. The highest BCUT2D eigenvalue weighted by Gasteiger charge is 2.29. The SMILES string of the molecule is CCCCCCCCCCCC/C=C/CCCC[N+](CCC(=O)O)(CCC(=O)O)CCC(=O)O. The Hall–Kier alpha value is -1.89. The number of nitrogens with zero attached hydrogens (tertiary/aromatic N) is 1. The number of hydrogen-bond acceptors (Lipinski definition) is 3. The number of aliphatic carboxylic acids is 3. The molecule has 0 saturated heterocycles. The lowest BCUT2D eigenvalue weighted by molar-refractivity contribution is -0.927. The molecule has 7 heteroatoms. The van der Waals surface area contributed by atoms with E-state index in [0.717, 1.165) is 25.7 Å². The van der Waals surface area contributed by atoms with E-state index in [9.17, 15) is 14.4 Å². The Morgan fingerprint density at radius 2 is 0.882 bits per heavy atom. The van der Waals surface area contributed by atoms with Gasteiger partial charge >= 0.3 is 17.9 Å². The highest BCUT2D eigenvalue weighted by Crippen LogP contribution is 2.16. The molecule has 3 N–H and O–H groups in total. The molecule has 0 amide bonds. The number of carbonyl (C=O) groups is 3. The smallest absolute Gasteiger partial charge is 0.309 e. The number of allylic oxidation sites excluding steroid dienone is 2. The lowest BCUT2D eigenvalue weighted by Crippen LogP contribution is -2.52. The van der Waals surface area contributed by atoms with Gasteiger partial charge in [0.1, 0.15) is 0 Å². The van der Waals surface area contributed by atoms with Crippen LogP contribution in [0.5, 0.6) is 0 Å². The molecule has 0 aliphatic carbocycles. The van der Waals surface area contributed by atoms with Gasteiger partial charge in [-0.1, -0.05) is 76.9 Å². The lowest BCUT2D eigenvalue weighted by atomic mass is 10.1. The van der Waals surface area contributed by atoms with Crippen LogP contribution >= 0.6 is 0 Å². The first-order chi connectivity index (χ1) is 16.3. The van der Waals surface area contributed by atoms with Gasteiger partial charge in [0.2, 0.25) is 0 Å². The molecule has 0 fully saturated rings. The highest BCUT2D eigenvalue weighted by molar-refractivity contribution is 5.67. The second-order valence-electron chi connectivity index (χ2n) is 9.61. The largest absolute Gasteiger partial charge is 0.481 e. The third-order valence-corrected chi connectivity index (χ3v) is 6.54. The molecule has 198 valence electrons. The summed E-state index contributed by atoms with van der Waals surface area (Å²) in [6.45, 7) is 3.67. The molecular formula is C27H50NO6+. The summed E-state index contributed by atoms with van der Waals surface area (Å²) in [7, 11) is 0. The molecule has 0 aromatic carbocycles. The number of hydrogen-bond donors (Lipinski definition) is 3. The van der Waals surface area contributed by atoms with E-state index in [1.54, 1.807) is 0 Å². The standard InChI is InChI=1S/C27H49NO6/c1-2-3-4-5-6-7-8-9-10-11-12-13-14-15-16-17-21-28(22-18-25(29)30,23-19-26(31)32)24-20-27(33)34/h13-14H,2-12,15-24H2,1H3,(H2-,29,30,31,32,33,34)/p+1/b14-13+. The lowest BCUT2D eigenvalue weighted by Gasteiger charge is -2.38. The van der Waals surface area contributed by atoms with Crippen LogP contribution in [0.25, 0.3) is 0 Å². The zero-order valence-corrected chi connectivity index (χ0v) is 21.5. The van der Waals surface area contributed by atoms with Gasteiger partial charge in [0.25, 0.3) is 0 Å². The fourth-order valence-corrected chi connectivity index (χ4v) is 4.36. The van der Waals surface area contributed by atoms with Gasteiger partial charge in [0.05, 0.1) is 45.4 Å². The zero-order chi connectivity index (χ0) is 25.5. The van der Waals surface area contributed by atoms with Crippen LogP contribution in [0.2, 0.25) is 0 Å². The van der Waals surface area contributed by atoms with E-state index in [1.807, 2.05) is 0 Å². The Balaban J connectivity index is 4.16. The van der Waals surface area contributed by atoms with Gasteiger partial charge in [-0.05, 0) is 32.1 Å². The molecule has 0 aromatic heterocycles. The second-order valence-corrected chi connectivity index (χ2v) is 9.61. The maximum Gasteiger partial charge on any atom is 0.309 e. The zero-order valence-electron chi connectivity index (χ0n) is 21.5. The fraction of sp³-hybridized carbons (Fsp3) is 0.815. The molecule has 34 heavy (non-hydrogen) atoms. The molecular weight excluding hydrogens is 434 g/mol. The topological polar surface area (TPSA) is 112 Å². The molecule has 0 heterocycles. The minimum absolute atomic E-state index is 0.0853. The first kappa shape index (κ1) is 32.1. The van der Waals surface area contributed by atoms with Crippen LogP contribution in [-0.4, -0.2) is 63.9 Å². The van der Waals surface area contributed by atoms with Crippen molar-refractivity contribution in [1.29, 1.82) is 0 Å². The number of quaternary nitrogens is 1. The van der Waals surface area contributed by atoms with Gasteiger partial charge in [0.15, 0.2) is 0 Å². The Morgan fingerprint density at radius 3 is 1.26 bits per heavy atom. The summed E-state index contributed by atoms with van der Waals surface area (Å²) in [4.78, 5) is 33.3. The van der Waals surface area contributed by atoms with Crippen molar-refractivity contribution in [1.82, 2.24) is 0 Å². The highest BCUT2D eigenvalue weighted by atomic mass is 16.4. The van der Waals surface area contributed by atoms with Crippen LogP contribution in [0.3, 0.4) is 0 Å². The summed E-state index contributed by atoms with van der Waals surface area (Å²) in [5, 5.41) is 27.3. The second kappa shape index (κ2) is 21.6. The van der Waals surface area contributed by atoms with Gasteiger partial charge in [-0.3, -0.25) is 14.4 Å². The predicted molar refractivity (Wildman–Crippen MR) is 136 cm³/mol. The molecule has 0 rings (SSSR count). The van der Waals surface area contributed by atoms with E-state index in [0.29, 0.717) is 6.54 Å². The van der Waals surface area contributed by atoms with Crippen LogP contribution in [0.4, 0.5) is 0 Å². The molecule has 0 aliphatic heterocycles. The molecule has 0 atom stereocenters. The van der Waals surface area contributed by atoms with Crippen molar-refractivity contribution in [2.45, 2.75) is 116 Å². The molecule has 0 radical (unpaired) electrons. The molecule has 0 saturated carbocycles. The maximum absolute atomic E-state index is 11.1. The fourth-order valence-electron chi connectivity index (χ4n) is 4.36. The quantitative estimate of drug-likeness (QED) is 0.0800. The minimum atomic E-state index is -0.942. The van der Waals surface area contributed by atoms with E-state index in [4.69, 9.17) is 15.3 Å². The summed E-state index contributed by atoms with van der Waals surface area (Å²) in [5.74, 6) is -2.82. The van der Waals surface area contributed by atoms with Crippen LogP contribution in [0, 0.1) is 0 Å². The van der Waals surface area contributed by atoms with Gasteiger partial charge in [-0.25, -0.2) is 0 Å². The number of unbranched alkanes of at least 4 members (excludes halogenated alkanes) is 12. The average molecular weight is 485 g/mol. The Morgan fingerprint density at radius 1 is 0.529 bits per heavy atom. The van der Waals surface area contributed by atoms with Crippen molar-refractivity contribution in [3.63, 3.8) is 0 Å². The third kappa shape index (κ3) is 20.7. The van der Waals surface area contributed by atoms with Crippen LogP contribution in [-0.2, 0) is 14.4 Å². The van der Waals surface area contributed by atoms with E-state index in [2.05, 4.69) is 19.1 Å². The molecule has 0 aromatic rings. The van der Waals surface area contributed by atoms with Gasteiger partial charge in [-0.15, -0.1) is 0 Å². The number of carboxylic acids is 3.